The summed E-state index contributed by atoms with van der Waals surface area (Å²) in [6.07, 6.45) is 2.58. The van der Waals surface area contributed by atoms with Gasteiger partial charge in [-0.15, -0.1) is 0 Å². The molecule has 0 radical (unpaired) electrons. The van der Waals surface area contributed by atoms with Gasteiger partial charge in [-0.25, -0.2) is 0 Å². The highest BCUT2D eigenvalue weighted by Gasteiger charge is 2.30. The van der Waals surface area contributed by atoms with Crippen molar-refractivity contribution >= 4 is 17.3 Å². The number of ether oxygens (including phenoxy) is 1. The molecule has 0 unspecified atom stereocenters. The first-order valence-electron chi connectivity index (χ1n) is 5.99. The average molecular weight is 232 g/mol. The monoisotopic (exact) mass is 232 g/mol. The molecule has 1 saturated carbocycles. The molecule has 1 aliphatic heterocycles. The average Bonchev–Trinajstić information content (AvgIpc) is 3.12. The third kappa shape index (κ3) is 1.95. The molecule has 0 saturated heterocycles. The summed E-state index contributed by atoms with van der Waals surface area (Å²) in [5.41, 5.74) is 1.89. The summed E-state index contributed by atoms with van der Waals surface area (Å²) in [4.78, 5) is 13.9. The van der Waals surface area contributed by atoms with Gasteiger partial charge in [-0.1, -0.05) is 6.07 Å². The summed E-state index contributed by atoms with van der Waals surface area (Å²) >= 11 is 0. The SMILES string of the molecule is COc1cccc2c1NC(=O)CN2CC1CC1. The Balaban J connectivity index is 1.96. The summed E-state index contributed by atoms with van der Waals surface area (Å²) < 4.78 is 5.29. The van der Waals surface area contributed by atoms with Crippen LogP contribution in [0.3, 0.4) is 0 Å². The van der Waals surface area contributed by atoms with Crippen LogP contribution < -0.4 is 15.0 Å². The van der Waals surface area contributed by atoms with Gasteiger partial charge in [-0.05, 0) is 30.9 Å². The van der Waals surface area contributed by atoms with Crippen LogP contribution in [0.25, 0.3) is 0 Å². The van der Waals surface area contributed by atoms with Crippen LogP contribution in [0.5, 0.6) is 5.75 Å². The predicted molar refractivity (Wildman–Crippen MR) is 66.6 cm³/mol. The van der Waals surface area contributed by atoms with Crippen molar-refractivity contribution in [1.82, 2.24) is 0 Å². The van der Waals surface area contributed by atoms with Crippen molar-refractivity contribution in [2.24, 2.45) is 5.92 Å². The molecule has 1 aromatic carbocycles. The highest BCUT2D eigenvalue weighted by molar-refractivity contribution is 6.03. The Labute approximate surface area is 101 Å². The van der Waals surface area contributed by atoms with Crippen LogP contribution in [0.2, 0.25) is 0 Å². The normalized spacial score (nSPS) is 18.6. The summed E-state index contributed by atoms with van der Waals surface area (Å²) in [5, 5.41) is 2.90. The first-order valence-corrected chi connectivity index (χ1v) is 5.99. The van der Waals surface area contributed by atoms with Crippen LogP contribution in [0, 0.1) is 5.92 Å². The van der Waals surface area contributed by atoms with E-state index >= 15 is 0 Å². The number of nitrogens with zero attached hydrogens (tertiary/aromatic N) is 1. The van der Waals surface area contributed by atoms with Crippen molar-refractivity contribution < 1.29 is 9.53 Å². The van der Waals surface area contributed by atoms with Gasteiger partial charge in [0, 0.05) is 6.54 Å². The molecule has 1 heterocycles. The van der Waals surface area contributed by atoms with E-state index in [9.17, 15) is 4.79 Å². The zero-order valence-corrected chi connectivity index (χ0v) is 9.90. The lowest BCUT2D eigenvalue weighted by Crippen LogP contribution is -2.39. The minimum atomic E-state index is 0.0441. The number of hydrogen-bond donors (Lipinski definition) is 1. The Morgan fingerprint density at radius 2 is 2.29 bits per heavy atom. The van der Waals surface area contributed by atoms with Gasteiger partial charge >= 0.3 is 0 Å². The number of benzene rings is 1. The first kappa shape index (κ1) is 10.4. The third-order valence-electron chi connectivity index (χ3n) is 3.34. The number of methoxy groups -OCH3 is 1. The van der Waals surface area contributed by atoms with E-state index in [2.05, 4.69) is 10.2 Å². The largest absolute Gasteiger partial charge is 0.494 e. The molecule has 1 amide bonds. The summed E-state index contributed by atoms with van der Waals surface area (Å²) in [7, 11) is 1.63. The fourth-order valence-electron chi connectivity index (χ4n) is 2.29. The number of amides is 1. The van der Waals surface area contributed by atoms with Gasteiger partial charge in [-0.3, -0.25) is 4.79 Å². The summed E-state index contributed by atoms with van der Waals surface area (Å²) in [5.74, 6) is 1.54. The second-order valence-corrected chi connectivity index (χ2v) is 4.73. The second kappa shape index (κ2) is 3.95. The quantitative estimate of drug-likeness (QED) is 0.865. The number of para-hydroxylation sites is 1. The van der Waals surface area contributed by atoms with E-state index in [4.69, 9.17) is 4.74 Å². The van der Waals surface area contributed by atoms with Crippen LogP contribution in [0.4, 0.5) is 11.4 Å². The van der Waals surface area contributed by atoms with Crippen LogP contribution >= 0.6 is 0 Å². The molecule has 1 aliphatic carbocycles. The molecule has 3 rings (SSSR count). The highest BCUT2D eigenvalue weighted by atomic mass is 16.5. The van der Waals surface area contributed by atoms with Gasteiger partial charge in [0.2, 0.25) is 5.91 Å². The van der Waals surface area contributed by atoms with Crippen LogP contribution in [-0.2, 0) is 4.79 Å². The van der Waals surface area contributed by atoms with E-state index < -0.39 is 0 Å². The Morgan fingerprint density at radius 1 is 1.47 bits per heavy atom. The predicted octanol–water partition coefficient (Wildman–Crippen LogP) is 1.86. The molecule has 90 valence electrons. The molecule has 1 fully saturated rings. The summed E-state index contributed by atoms with van der Waals surface area (Å²) in [6.45, 7) is 1.43. The van der Waals surface area contributed by atoms with Gasteiger partial charge < -0.3 is 15.0 Å². The van der Waals surface area contributed by atoms with E-state index in [-0.39, 0.29) is 5.91 Å². The maximum absolute atomic E-state index is 11.7. The minimum absolute atomic E-state index is 0.0441. The number of carbonyl (C=O) groups excluding carboxylic acids is 1. The van der Waals surface area contributed by atoms with E-state index in [1.807, 2.05) is 18.2 Å². The molecule has 17 heavy (non-hydrogen) atoms. The lowest BCUT2D eigenvalue weighted by Gasteiger charge is -2.31. The van der Waals surface area contributed by atoms with Gasteiger partial charge in [-0.2, -0.15) is 0 Å². The van der Waals surface area contributed by atoms with E-state index in [1.54, 1.807) is 7.11 Å². The number of nitrogens with one attached hydrogen (secondary N) is 1. The molecule has 4 nitrogen and oxygen atoms in total. The zero-order chi connectivity index (χ0) is 11.8. The Morgan fingerprint density at radius 3 is 3.00 bits per heavy atom. The molecule has 1 N–H and O–H groups in total. The van der Waals surface area contributed by atoms with Gasteiger partial charge in [0.05, 0.1) is 19.3 Å². The number of rotatable bonds is 3. The summed E-state index contributed by atoms with van der Waals surface area (Å²) in [6, 6.07) is 5.88. The van der Waals surface area contributed by atoms with Crippen LogP contribution in [0.15, 0.2) is 18.2 Å². The molecule has 2 aliphatic rings. The fraction of sp³-hybridized carbons (Fsp3) is 0.462. The number of fused-ring (bicyclic) bond motifs is 1. The standard InChI is InChI=1S/C13H16N2O2/c1-17-11-4-2-3-10-13(11)14-12(16)8-15(10)7-9-5-6-9/h2-4,9H,5-8H2,1H3,(H,14,16). The zero-order valence-electron chi connectivity index (χ0n) is 9.90. The number of hydrogen-bond acceptors (Lipinski definition) is 3. The molecular formula is C13H16N2O2. The Bertz CT molecular complexity index is 455. The molecule has 0 spiro atoms. The van der Waals surface area contributed by atoms with Gasteiger partial charge in [0.15, 0.2) is 0 Å². The van der Waals surface area contributed by atoms with Crippen LogP contribution in [-0.4, -0.2) is 26.1 Å². The topological polar surface area (TPSA) is 41.6 Å². The highest BCUT2D eigenvalue weighted by Crippen LogP contribution is 2.39. The molecule has 4 heteroatoms. The lowest BCUT2D eigenvalue weighted by atomic mass is 10.1. The van der Waals surface area contributed by atoms with E-state index in [0.29, 0.717) is 6.54 Å². The van der Waals surface area contributed by atoms with Crippen molar-refractivity contribution in [3.63, 3.8) is 0 Å². The smallest absolute Gasteiger partial charge is 0.244 e. The fourth-order valence-corrected chi connectivity index (χ4v) is 2.29. The Kier molecular flexibility index (Phi) is 2.42. The number of anilines is 2. The minimum Gasteiger partial charge on any atom is -0.494 e. The van der Waals surface area contributed by atoms with Gasteiger partial charge in [0.25, 0.3) is 0 Å². The van der Waals surface area contributed by atoms with Crippen molar-refractivity contribution in [2.45, 2.75) is 12.8 Å². The lowest BCUT2D eigenvalue weighted by molar-refractivity contribution is -0.115. The molecule has 1 aromatic rings. The van der Waals surface area contributed by atoms with Crippen molar-refractivity contribution in [2.75, 3.05) is 30.4 Å². The van der Waals surface area contributed by atoms with Crippen molar-refractivity contribution in [1.29, 1.82) is 0 Å². The first-order chi connectivity index (χ1) is 8.28. The maximum Gasteiger partial charge on any atom is 0.244 e. The molecule has 0 bridgehead atoms. The number of carbonyl (C=O) groups is 1. The van der Waals surface area contributed by atoms with Gasteiger partial charge in [0.1, 0.15) is 11.4 Å². The van der Waals surface area contributed by atoms with E-state index in [1.165, 1.54) is 12.8 Å². The van der Waals surface area contributed by atoms with E-state index in [0.717, 1.165) is 29.6 Å². The molecule has 0 atom stereocenters. The molecular weight excluding hydrogens is 216 g/mol. The third-order valence-corrected chi connectivity index (χ3v) is 3.34. The van der Waals surface area contributed by atoms with Crippen molar-refractivity contribution in [3.8, 4) is 5.75 Å². The maximum atomic E-state index is 11.7. The molecule has 0 aromatic heterocycles. The Hall–Kier alpha value is -1.71. The van der Waals surface area contributed by atoms with Crippen LogP contribution in [0.1, 0.15) is 12.8 Å². The van der Waals surface area contributed by atoms with Crippen molar-refractivity contribution in [3.05, 3.63) is 18.2 Å². The second-order valence-electron chi connectivity index (χ2n) is 4.73.